The number of carbonyl (C=O) groups excluding carboxylic acids is 2. The van der Waals surface area contributed by atoms with E-state index in [1.54, 1.807) is 11.6 Å². The average molecular weight is 394 g/mol. The number of benzene rings is 1. The lowest BCUT2D eigenvalue weighted by Gasteiger charge is -2.16. The van der Waals surface area contributed by atoms with Crippen molar-refractivity contribution in [3.05, 3.63) is 29.3 Å². The molecule has 0 aliphatic rings. The molecule has 27 heavy (non-hydrogen) atoms. The SMILES string of the molecule is CCOc1cc(C(=O)OCC(=O)Nc2nccs2)cc(OCC)c1OCC. The normalized spacial score (nSPS) is 10.2. The number of esters is 1. The lowest BCUT2D eigenvalue weighted by molar-refractivity contribution is -0.119. The third kappa shape index (κ3) is 5.85. The molecule has 1 heterocycles. The van der Waals surface area contributed by atoms with Crippen LogP contribution < -0.4 is 19.5 Å². The Morgan fingerprint density at radius 2 is 1.67 bits per heavy atom. The number of nitrogens with one attached hydrogen (secondary N) is 1. The van der Waals surface area contributed by atoms with Crippen LogP contribution in [0, 0.1) is 0 Å². The van der Waals surface area contributed by atoms with Gasteiger partial charge in [-0.15, -0.1) is 11.3 Å². The lowest BCUT2D eigenvalue weighted by atomic mass is 10.2. The van der Waals surface area contributed by atoms with Crippen molar-refractivity contribution in [3.63, 3.8) is 0 Å². The van der Waals surface area contributed by atoms with Crippen molar-refractivity contribution in [2.24, 2.45) is 0 Å². The van der Waals surface area contributed by atoms with Gasteiger partial charge in [0.15, 0.2) is 23.2 Å². The fourth-order valence-electron chi connectivity index (χ4n) is 2.16. The molecule has 146 valence electrons. The van der Waals surface area contributed by atoms with Crippen molar-refractivity contribution in [2.75, 3.05) is 31.7 Å². The summed E-state index contributed by atoms with van der Waals surface area (Å²) in [6.45, 7) is 6.25. The lowest BCUT2D eigenvalue weighted by Crippen LogP contribution is -2.21. The highest BCUT2D eigenvalue weighted by molar-refractivity contribution is 7.13. The fourth-order valence-corrected chi connectivity index (χ4v) is 2.71. The first kappa shape index (κ1) is 20.5. The van der Waals surface area contributed by atoms with Crippen molar-refractivity contribution in [3.8, 4) is 17.2 Å². The van der Waals surface area contributed by atoms with Gasteiger partial charge in [-0.25, -0.2) is 9.78 Å². The maximum absolute atomic E-state index is 12.4. The summed E-state index contributed by atoms with van der Waals surface area (Å²) in [5, 5.41) is 4.71. The monoisotopic (exact) mass is 394 g/mol. The van der Waals surface area contributed by atoms with Crippen LogP contribution in [0.3, 0.4) is 0 Å². The van der Waals surface area contributed by atoms with Crippen LogP contribution in [-0.2, 0) is 9.53 Å². The van der Waals surface area contributed by atoms with E-state index in [0.717, 1.165) is 0 Å². The summed E-state index contributed by atoms with van der Waals surface area (Å²) in [4.78, 5) is 28.1. The number of aromatic nitrogens is 1. The van der Waals surface area contributed by atoms with E-state index in [1.807, 2.05) is 20.8 Å². The number of hydrogen-bond acceptors (Lipinski definition) is 8. The summed E-state index contributed by atoms with van der Waals surface area (Å²) in [6.07, 6.45) is 1.57. The Morgan fingerprint density at radius 3 is 2.19 bits per heavy atom. The van der Waals surface area contributed by atoms with Crippen molar-refractivity contribution in [2.45, 2.75) is 20.8 Å². The number of rotatable bonds is 10. The predicted molar refractivity (Wildman–Crippen MR) is 101 cm³/mol. The van der Waals surface area contributed by atoms with Gasteiger partial charge in [0.25, 0.3) is 5.91 Å². The quantitative estimate of drug-likeness (QED) is 0.619. The summed E-state index contributed by atoms with van der Waals surface area (Å²) in [5.74, 6) is 0.0433. The first-order valence-corrected chi connectivity index (χ1v) is 9.39. The van der Waals surface area contributed by atoms with Crippen LogP contribution >= 0.6 is 11.3 Å². The summed E-state index contributed by atoms with van der Waals surface area (Å²) in [6, 6.07) is 3.02. The molecular formula is C18H22N2O6S. The van der Waals surface area contributed by atoms with E-state index in [1.165, 1.54) is 23.5 Å². The Balaban J connectivity index is 2.12. The number of nitrogens with zero attached hydrogens (tertiary/aromatic N) is 1. The van der Waals surface area contributed by atoms with E-state index in [0.29, 0.717) is 42.2 Å². The smallest absolute Gasteiger partial charge is 0.338 e. The summed E-state index contributed by atoms with van der Waals surface area (Å²) >= 11 is 1.27. The maximum Gasteiger partial charge on any atom is 0.338 e. The van der Waals surface area contributed by atoms with Crippen molar-refractivity contribution < 1.29 is 28.5 Å². The minimum absolute atomic E-state index is 0.201. The van der Waals surface area contributed by atoms with Crippen LogP contribution in [0.5, 0.6) is 17.2 Å². The Morgan fingerprint density at radius 1 is 1.04 bits per heavy atom. The molecule has 9 heteroatoms. The number of amides is 1. The molecule has 0 saturated carbocycles. The van der Waals surface area contributed by atoms with Gasteiger partial charge in [0.1, 0.15) is 0 Å². The molecule has 2 aromatic rings. The minimum Gasteiger partial charge on any atom is -0.490 e. The molecule has 0 saturated heterocycles. The Kier molecular flexibility index (Phi) is 7.87. The molecule has 0 atom stereocenters. The van der Waals surface area contributed by atoms with E-state index in [4.69, 9.17) is 18.9 Å². The summed E-state index contributed by atoms with van der Waals surface area (Å²) < 4.78 is 21.8. The van der Waals surface area contributed by atoms with E-state index in [2.05, 4.69) is 10.3 Å². The van der Waals surface area contributed by atoms with Crippen molar-refractivity contribution >= 4 is 28.3 Å². The third-order valence-corrected chi connectivity index (χ3v) is 3.85. The second-order valence-corrected chi connectivity index (χ2v) is 5.96. The molecule has 8 nitrogen and oxygen atoms in total. The molecule has 0 aliphatic carbocycles. The predicted octanol–water partition coefficient (Wildman–Crippen LogP) is 3.13. The van der Waals surface area contributed by atoms with E-state index < -0.39 is 18.5 Å². The molecule has 0 fully saturated rings. The third-order valence-electron chi connectivity index (χ3n) is 3.16. The Bertz CT molecular complexity index is 736. The zero-order valence-corrected chi connectivity index (χ0v) is 16.3. The fraction of sp³-hybridized carbons (Fsp3) is 0.389. The van der Waals surface area contributed by atoms with E-state index in [9.17, 15) is 9.59 Å². The van der Waals surface area contributed by atoms with Gasteiger partial charge in [-0.05, 0) is 32.9 Å². The maximum atomic E-state index is 12.4. The van der Waals surface area contributed by atoms with Gasteiger partial charge in [0.2, 0.25) is 5.75 Å². The first-order chi connectivity index (χ1) is 13.1. The van der Waals surface area contributed by atoms with Gasteiger partial charge in [-0.3, -0.25) is 10.1 Å². The molecule has 0 aliphatic heterocycles. The average Bonchev–Trinajstić information content (AvgIpc) is 3.15. The topological polar surface area (TPSA) is 96.0 Å². The summed E-state index contributed by atoms with van der Waals surface area (Å²) in [7, 11) is 0. The van der Waals surface area contributed by atoms with Gasteiger partial charge in [0.05, 0.1) is 25.4 Å². The number of ether oxygens (including phenoxy) is 4. The highest BCUT2D eigenvalue weighted by Gasteiger charge is 2.20. The van der Waals surface area contributed by atoms with Gasteiger partial charge in [-0.1, -0.05) is 0 Å². The molecule has 0 unspecified atom stereocenters. The molecule has 1 aromatic heterocycles. The summed E-state index contributed by atoms with van der Waals surface area (Å²) in [5.41, 5.74) is 0.201. The second-order valence-electron chi connectivity index (χ2n) is 5.06. The molecule has 1 amide bonds. The zero-order valence-electron chi connectivity index (χ0n) is 15.4. The highest BCUT2D eigenvalue weighted by Crippen LogP contribution is 2.39. The highest BCUT2D eigenvalue weighted by atomic mass is 32.1. The Hall–Kier alpha value is -2.81. The van der Waals surface area contributed by atoms with Crippen molar-refractivity contribution in [1.29, 1.82) is 0 Å². The molecule has 1 N–H and O–H groups in total. The zero-order chi connectivity index (χ0) is 19.6. The van der Waals surface area contributed by atoms with Gasteiger partial charge in [0, 0.05) is 11.6 Å². The molecule has 0 bridgehead atoms. The van der Waals surface area contributed by atoms with Crippen LogP contribution in [0.4, 0.5) is 5.13 Å². The van der Waals surface area contributed by atoms with Crippen LogP contribution in [0.2, 0.25) is 0 Å². The molecule has 1 aromatic carbocycles. The van der Waals surface area contributed by atoms with Crippen molar-refractivity contribution in [1.82, 2.24) is 4.98 Å². The molecular weight excluding hydrogens is 372 g/mol. The Labute approximate surface area is 161 Å². The molecule has 2 rings (SSSR count). The van der Waals surface area contributed by atoms with E-state index in [-0.39, 0.29) is 5.56 Å². The number of thiazole rings is 1. The number of anilines is 1. The molecule has 0 spiro atoms. The first-order valence-electron chi connectivity index (χ1n) is 8.51. The van der Waals surface area contributed by atoms with Crippen LogP contribution in [-0.4, -0.2) is 43.3 Å². The second kappa shape index (κ2) is 10.4. The van der Waals surface area contributed by atoms with Crippen LogP contribution in [0.25, 0.3) is 0 Å². The van der Waals surface area contributed by atoms with Gasteiger partial charge >= 0.3 is 5.97 Å². The van der Waals surface area contributed by atoms with Crippen LogP contribution in [0.1, 0.15) is 31.1 Å². The number of carbonyl (C=O) groups is 2. The standard InChI is InChI=1S/C18H22N2O6S/c1-4-23-13-9-12(10-14(24-5-2)16(13)25-6-3)17(22)26-11-15(21)20-18-19-7-8-27-18/h7-10H,4-6,11H2,1-3H3,(H,19,20,21). The minimum atomic E-state index is -0.672. The number of hydrogen-bond donors (Lipinski definition) is 1. The van der Waals surface area contributed by atoms with Crippen LogP contribution in [0.15, 0.2) is 23.7 Å². The largest absolute Gasteiger partial charge is 0.490 e. The molecule has 0 radical (unpaired) electrons. The van der Waals surface area contributed by atoms with Gasteiger partial charge in [-0.2, -0.15) is 0 Å². The van der Waals surface area contributed by atoms with E-state index >= 15 is 0 Å². The van der Waals surface area contributed by atoms with Gasteiger partial charge < -0.3 is 18.9 Å².